The SMILES string of the molecule is CC.c1ccc(C2CCCP2c2ccccc2)cc1. The Morgan fingerprint density at radius 1 is 0.842 bits per heavy atom. The third kappa shape index (κ3) is 3.45. The van der Waals surface area contributed by atoms with Gasteiger partial charge in [-0.05, 0) is 29.9 Å². The summed E-state index contributed by atoms with van der Waals surface area (Å²) in [6, 6.07) is 22.2. The Morgan fingerprint density at radius 3 is 2.05 bits per heavy atom. The zero-order valence-corrected chi connectivity index (χ0v) is 12.8. The smallest absolute Gasteiger partial charge is 0.00820 e. The fourth-order valence-electron chi connectivity index (χ4n) is 2.72. The van der Waals surface area contributed by atoms with E-state index in [0.29, 0.717) is 0 Å². The summed E-state index contributed by atoms with van der Waals surface area (Å²) in [7, 11) is 0.0201. The highest BCUT2D eigenvalue weighted by atomic mass is 31.1. The number of rotatable bonds is 2. The highest BCUT2D eigenvalue weighted by Crippen LogP contribution is 2.58. The molecule has 1 fully saturated rings. The Hall–Kier alpha value is -1.13. The van der Waals surface area contributed by atoms with Crippen molar-refractivity contribution >= 4 is 13.2 Å². The van der Waals surface area contributed by atoms with Crippen molar-refractivity contribution in [3.05, 3.63) is 66.2 Å². The average Bonchev–Trinajstić information content (AvgIpc) is 3.01. The summed E-state index contributed by atoms with van der Waals surface area (Å²) in [6.07, 6.45) is 4.16. The van der Waals surface area contributed by atoms with Gasteiger partial charge in [0.1, 0.15) is 0 Å². The van der Waals surface area contributed by atoms with Crippen LogP contribution in [-0.2, 0) is 0 Å². The second-order valence-corrected chi connectivity index (χ2v) is 7.12. The maximum Gasteiger partial charge on any atom is 0.00820 e. The summed E-state index contributed by atoms with van der Waals surface area (Å²) in [5.74, 6) is 0. The molecule has 0 amide bonds. The first-order valence-electron chi connectivity index (χ1n) is 7.32. The second kappa shape index (κ2) is 7.46. The monoisotopic (exact) mass is 270 g/mol. The maximum absolute atomic E-state index is 2.31. The molecule has 0 bridgehead atoms. The zero-order chi connectivity index (χ0) is 13.5. The number of hydrogen-bond acceptors (Lipinski definition) is 0. The van der Waals surface area contributed by atoms with Crippen LogP contribution in [-0.4, -0.2) is 6.16 Å². The molecule has 0 spiro atoms. The van der Waals surface area contributed by atoms with Crippen LogP contribution in [0.1, 0.15) is 37.9 Å². The van der Waals surface area contributed by atoms with Crippen molar-refractivity contribution in [1.82, 2.24) is 0 Å². The molecular weight excluding hydrogens is 247 g/mol. The van der Waals surface area contributed by atoms with Gasteiger partial charge in [0.2, 0.25) is 0 Å². The molecule has 2 aromatic rings. The first-order valence-corrected chi connectivity index (χ1v) is 8.91. The van der Waals surface area contributed by atoms with Gasteiger partial charge in [0.15, 0.2) is 0 Å². The Kier molecular flexibility index (Phi) is 5.61. The van der Waals surface area contributed by atoms with Gasteiger partial charge < -0.3 is 0 Å². The fourth-order valence-corrected chi connectivity index (χ4v) is 5.75. The van der Waals surface area contributed by atoms with Crippen molar-refractivity contribution in [2.75, 3.05) is 6.16 Å². The van der Waals surface area contributed by atoms with Crippen LogP contribution in [0, 0.1) is 0 Å². The van der Waals surface area contributed by atoms with Crippen molar-refractivity contribution in [2.45, 2.75) is 32.3 Å². The highest BCUT2D eigenvalue weighted by Gasteiger charge is 2.28. The first-order chi connectivity index (χ1) is 9.45. The van der Waals surface area contributed by atoms with Crippen LogP contribution in [0.3, 0.4) is 0 Å². The third-order valence-corrected chi connectivity index (χ3v) is 6.59. The summed E-state index contributed by atoms with van der Waals surface area (Å²) < 4.78 is 0. The maximum atomic E-state index is 2.31. The van der Waals surface area contributed by atoms with Crippen molar-refractivity contribution in [3.8, 4) is 0 Å². The predicted molar refractivity (Wildman–Crippen MR) is 87.6 cm³/mol. The average molecular weight is 270 g/mol. The lowest BCUT2D eigenvalue weighted by molar-refractivity contribution is 0.827. The molecule has 1 heteroatoms. The standard InChI is InChI=1S/C16H17P.C2H6/c1-3-8-14(9-4-1)16-12-7-13-17(16)15-10-5-2-6-11-15;1-2/h1-6,8-11,16H,7,12-13H2;1-2H3. The minimum atomic E-state index is 0.0201. The minimum absolute atomic E-state index is 0.0201. The molecule has 1 heterocycles. The molecule has 100 valence electrons. The molecule has 0 N–H and O–H groups in total. The van der Waals surface area contributed by atoms with Crippen LogP contribution < -0.4 is 5.30 Å². The topological polar surface area (TPSA) is 0 Å². The molecule has 0 aliphatic carbocycles. The predicted octanol–water partition coefficient (Wildman–Crippen LogP) is 5.36. The van der Waals surface area contributed by atoms with E-state index in [1.54, 1.807) is 10.9 Å². The van der Waals surface area contributed by atoms with Gasteiger partial charge in [0.25, 0.3) is 0 Å². The molecule has 0 radical (unpaired) electrons. The Balaban J connectivity index is 0.000000637. The van der Waals surface area contributed by atoms with Gasteiger partial charge in [-0.2, -0.15) is 0 Å². The summed E-state index contributed by atoms with van der Waals surface area (Å²) >= 11 is 0. The quantitative estimate of drug-likeness (QED) is 0.645. The number of benzene rings is 2. The molecule has 0 aromatic heterocycles. The lowest BCUT2D eigenvalue weighted by Gasteiger charge is -2.21. The van der Waals surface area contributed by atoms with Crippen molar-refractivity contribution in [1.29, 1.82) is 0 Å². The normalized spacial score (nSPS) is 21.6. The van der Waals surface area contributed by atoms with Crippen molar-refractivity contribution < 1.29 is 0 Å². The lowest BCUT2D eigenvalue weighted by atomic mass is 10.1. The Bertz CT molecular complexity index is 418. The van der Waals surface area contributed by atoms with Crippen LogP contribution in [0.15, 0.2) is 60.7 Å². The Labute approximate surface area is 118 Å². The van der Waals surface area contributed by atoms with Crippen LogP contribution in [0.2, 0.25) is 0 Å². The molecule has 3 rings (SSSR count). The molecule has 2 unspecified atom stereocenters. The molecule has 1 aliphatic heterocycles. The van der Waals surface area contributed by atoms with Gasteiger partial charge >= 0.3 is 0 Å². The Morgan fingerprint density at radius 2 is 1.42 bits per heavy atom. The van der Waals surface area contributed by atoms with E-state index >= 15 is 0 Å². The van der Waals surface area contributed by atoms with E-state index < -0.39 is 0 Å². The van der Waals surface area contributed by atoms with E-state index in [2.05, 4.69) is 60.7 Å². The van der Waals surface area contributed by atoms with Crippen LogP contribution >= 0.6 is 7.92 Å². The molecule has 0 nitrogen and oxygen atoms in total. The van der Waals surface area contributed by atoms with Crippen LogP contribution in [0.25, 0.3) is 0 Å². The third-order valence-electron chi connectivity index (χ3n) is 3.52. The van der Waals surface area contributed by atoms with E-state index in [1.807, 2.05) is 13.8 Å². The summed E-state index contributed by atoms with van der Waals surface area (Å²) in [5.41, 5.74) is 2.33. The largest absolute Gasteiger partial charge is 0.0683 e. The van der Waals surface area contributed by atoms with E-state index in [4.69, 9.17) is 0 Å². The summed E-state index contributed by atoms with van der Waals surface area (Å²) in [6.45, 7) is 4.00. The zero-order valence-electron chi connectivity index (χ0n) is 11.9. The van der Waals surface area contributed by atoms with E-state index in [0.717, 1.165) is 5.66 Å². The summed E-state index contributed by atoms with van der Waals surface area (Å²) in [5, 5.41) is 1.58. The molecular formula is C18H23P. The van der Waals surface area contributed by atoms with Gasteiger partial charge in [-0.1, -0.05) is 82.4 Å². The molecule has 0 saturated carbocycles. The number of hydrogen-bond donors (Lipinski definition) is 0. The van der Waals surface area contributed by atoms with Crippen molar-refractivity contribution in [2.24, 2.45) is 0 Å². The lowest BCUT2D eigenvalue weighted by Crippen LogP contribution is -2.04. The molecule has 1 saturated heterocycles. The van der Waals surface area contributed by atoms with E-state index in [1.165, 1.54) is 19.0 Å². The molecule has 2 aromatic carbocycles. The minimum Gasteiger partial charge on any atom is -0.0683 e. The first kappa shape index (κ1) is 14.3. The van der Waals surface area contributed by atoms with E-state index in [9.17, 15) is 0 Å². The van der Waals surface area contributed by atoms with Gasteiger partial charge in [0.05, 0.1) is 0 Å². The van der Waals surface area contributed by atoms with Crippen LogP contribution in [0.5, 0.6) is 0 Å². The molecule has 19 heavy (non-hydrogen) atoms. The molecule has 2 atom stereocenters. The van der Waals surface area contributed by atoms with Crippen molar-refractivity contribution in [3.63, 3.8) is 0 Å². The van der Waals surface area contributed by atoms with Gasteiger partial charge in [-0.15, -0.1) is 0 Å². The van der Waals surface area contributed by atoms with E-state index in [-0.39, 0.29) is 7.92 Å². The molecule has 1 aliphatic rings. The van der Waals surface area contributed by atoms with Gasteiger partial charge in [0, 0.05) is 5.66 Å². The van der Waals surface area contributed by atoms with Gasteiger partial charge in [-0.25, -0.2) is 0 Å². The highest BCUT2D eigenvalue weighted by molar-refractivity contribution is 7.66. The summed E-state index contributed by atoms with van der Waals surface area (Å²) in [4.78, 5) is 0. The second-order valence-electron chi connectivity index (χ2n) is 4.60. The fraction of sp³-hybridized carbons (Fsp3) is 0.333. The van der Waals surface area contributed by atoms with Crippen LogP contribution in [0.4, 0.5) is 0 Å². The van der Waals surface area contributed by atoms with Gasteiger partial charge in [-0.3, -0.25) is 0 Å².